The summed E-state index contributed by atoms with van der Waals surface area (Å²) in [7, 11) is 0. The van der Waals surface area contributed by atoms with Gasteiger partial charge >= 0.3 is 0 Å². The van der Waals surface area contributed by atoms with Gasteiger partial charge in [-0.1, -0.05) is 75.5 Å². The van der Waals surface area contributed by atoms with Crippen LogP contribution in [0.15, 0.2) is 113 Å². The highest BCUT2D eigenvalue weighted by atomic mass is 79.9. The number of halogens is 3. The van der Waals surface area contributed by atoms with E-state index in [0.717, 1.165) is 32.7 Å². The second-order valence-electron chi connectivity index (χ2n) is 9.01. The molecule has 0 aliphatic carbocycles. The van der Waals surface area contributed by atoms with Crippen LogP contribution in [0.5, 0.6) is 5.75 Å². The van der Waals surface area contributed by atoms with E-state index in [1.807, 2.05) is 54.6 Å². The molecule has 0 atom stereocenters. The van der Waals surface area contributed by atoms with Crippen molar-refractivity contribution >= 4 is 51.3 Å². The first-order valence-electron chi connectivity index (χ1n) is 12.4. The minimum absolute atomic E-state index is 0.254. The standard InChI is InChI=1S/C32H24BrCl2N3O2/c1-21-7-15-30(22-5-3-2-4-6-22)38(21)28-13-9-23(10-14-28)32(39)37-36-19-25-17-26(33)11-16-31(25)40-20-24-8-12-27(34)18-29(24)35/h2-19H,20H2,1H3,(H,37,39)/b36-19+. The third kappa shape index (κ3) is 6.48. The van der Waals surface area contributed by atoms with Gasteiger partial charge < -0.3 is 9.30 Å². The Morgan fingerprint density at radius 1 is 0.950 bits per heavy atom. The summed E-state index contributed by atoms with van der Waals surface area (Å²) >= 11 is 15.7. The second-order valence-corrected chi connectivity index (χ2v) is 10.8. The summed E-state index contributed by atoms with van der Waals surface area (Å²) in [6.45, 7) is 2.32. The summed E-state index contributed by atoms with van der Waals surface area (Å²) in [5.41, 5.74) is 8.88. The third-order valence-corrected chi connectivity index (χ3v) is 7.35. The summed E-state index contributed by atoms with van der Waals surface area (Å²) in [5, 5.41) is 5.26. The van der Waals surface area contributed by atoms with Crippen molar-refractivity contribution in [3.05, 3.63) is 140 Å². The first-order valence-corrected chi connectivity index (χ1v) is 14.0. The van der Waals surface area contributed by atoms with Crippen LogP contribution in [0.1, 0.15) is 27.2 Å². The van der Waals surface area contributed by atoms with E-state index < -0.39 is 0 Å². The monoisotopic (exact) mass is 631 g/mol. The van der Waals surface area contributed by atoms with Gasteiger partial charge in [0.1, 0.15) is 12.4 Å². The smallest absolute Gasteiger partial charge is 0.271 e. The quantitative estimate of drug-likeness (QED) is 0.137. The molecular weight excluding hydrogens is 609 g/mol. The Hall–Kier alpha value is -3.84. The van der Waals surface area contributed by atoms with Gasteiger partial charge in [-0.25, -0.2) is 5.43 Å². The summed E-state index contributed by atoms with van der Waals surface area (Å²) in [4.78, 5) is 12.8. The van der Waals surface area contributed by atoms with Crippen molar-refractivity contribution in [3.8, 4) is 22.7 Å². The number of aromatic nitrogens is 1. The van der Waals surface area contributed by atoms with Gasteiger partial charge in [0.2, 0.25) is 0 Å². The van der Waals surface area contributed by atoms with Crippen molar-refractivity contribution in [2.24, 2.45) is 5.10 Å². The molecule has 0 aliphatic heterocycles. The zero-order chi connectivity index (χ0) is 28.1. The van der Waals surface area contributed by atoms with Crippen molar-refractivity contribution in [3.63, 3.8) is 0 Å². The molecule has 1 N–H and O–H groups in total. The molecule has 1 amide bonds. The SMILES string of the molecule is Cc1ccc(-c2ccccc2)n1-c1ccc(C(=O)N/N=C/c2cc(Br)ccc2OCc2ccc(Cl)cc2Cl)cc1. The average molecular weight is 633 g/mol. The summed E-state index contributed by atoms with van der Waals surface area (Å²) in [6.07, 6.45) is 1.55. The third-order valence-electron chi connectivity index (χ3n) is 6.27. The summed E-state index contributed by atoms with van der Waals surface area (Å²) in [6, 6.07) is 32.6. The van der Waals surface area contributed by atoms with E-state index in [0.29, 0.717) is 26.9 Å². The van der Waals surface area contributed by atoms with Crippen LogP contribution in [-0.2, 0) is 6.61 Å². The van der Waals surface area contributed by atoms with Gasteiger partial charge in [0.25, 0.3) is 5.91 Å². The number of carbonyl (C=O) groups excluding carboxylic acids is 1. The highest BCUT2D eigenvalue weighted by molar-refractivity contribution is 9.10. The maximum Gasteiger partial charge on any atom is 0.271 e. The molecule has 0 bridgehead atoms. The average Bonchev–Trinajstić information content (AvgIpc) is 3.35. The van der Waals surface area contributed by atoms with E-state index in [9.17, 15) is 4.79 Å². The van der Waals surface area contributed by atoms with Gasteiger partial charge in [0, 0.05) is 42.6 Å². The van der Waals surface area contributed by atoms with Crippen molar-refractivity contribution in [2.75, 3.05) is 0 Å². The van der Waals surface area contributed by atoms with E-state index >= 15 is 0 Å². The Morgan fingerprint density at radius 3 is 2.48 bits per heavy atom. The van der Waals surface area contributed by atoms with Crippen molar-refractivity contribution in [2.45, 2.75) is 13.5 Å². The summed E-state index contributed by atoms with van der Waals surface area (Å²) < 4.78 is 9.00. The molecule has 200 valence electrons. The Kier molecular flexibility index (Phi) is 8.70. The van der Waals surface area contributed by atoms with Crippen molar-refractivity contribution in [1.82, 2.24) is 9.99 Å². The molecule has 0 spiro atoms. The molecule has 0 unspecified atom stereocenters. The molecule has 0 aliphatic rings. The predicted octanol–water partition coefficient (Wildman–Crippen LogP) is 8.86. The minimum atomic E-state index is -0.319. The number of hydrazone groups is 1. The van der Waals surface area contributed by atoms with Gasteiger partial charge in [-0.05, 0) is 79.2 Å². The fraction of sp³-hybridized carbons (Fsp3) is 0.0625. The first-order chi connectivity index (χ1) is 19.4. The normalized spacial score (nSPS) is 11.1. The lowest BCUT2D eigenvalue weighted by Gasteiger charge is -2.13. The number of ether oxygens (including phenoxy) is 1. The molecule has 1 aromatic heterocycles. The fourth-order valence-corrected chi connectivity index (χ4v) is 5.09. The lowest BCUT2D eigenvalue weighted by molar-refractivity contribution is 0.0955. The maximum absolute atomic E-state index is 12.8. The van der Waals surface area contributed by atoms with Crippen LogP contribution >= 0.6 is 39.1 Å². The molecule has 0 fully saturated rings. The van der Waals surface area contributed by atoms with Gasteiger partial charge in [0.15, 0.2) is 0 Å². The van der Waals surface area contributed by atoms with Crippen LogP contribution in [0, 0.1) is 6.92 Å². The molecule has 5 aromatic rings. The topological polar surface area (TPSA) is 55.6 Å². The Labute approximate surface area is 251 Å². The number of nitrogens with one attached hydrogen (secondary N) is 1. The van der Waals surface area contributed by atoms with E-state index in [-0.39, 0.29) is 12.5 Å². The van der Waals surface area contributed by atoms with E-state index in [1.54, 1.807) is 30.5 Å². The van der Waals surface area contributed by atoms with Gasteiger partial charge in [0.05, 0.1) is 11.9 Å². The molecule has 5 rings (SSSR count). The van der Waals surface area contributed by atoms with Gasteiger partial charge in [-0.2, -0.15) is 5.10 Å². The number of nitrogens with zero attached hydrogens (tertiary/aromatic N) is 2. The number of aryl methyl sites for hydroxylation is 1. The van der Waals surface area contributed by atoms with Crippen LogP contribution in [-0.4, -0.2) is 16.7 Å². The summed E-state index contributed by atoms with van der Waals surface area (Å²) in [5.74, 6) is 0.272. The molecule has 4 aromatic carbocycles. The highest BCUT2D eigenvalue weighted by Gasteiger charge is 2.11. The Balaban J connectivity index is 1.27. The van der Waals surface area contributed by atoms with E-state index in [2.05, 4.69) is 62.2 Å². The molecule has 0 saturated heterocycles. The molecule has 1 heterocycles. The van der Waals surface area contributed by atoms with Crippen LogP contribution in [0.4, 0.5) is 0 Å². The Bertz CT molecular complexity index is 1680. The number of amides is 1. The van der Waals surface area contributed by atoms with E-state index in [4.69, 9.17) is 27.9 Å². The van der Waals surface area contributed by atoms with Crippen LogP contribution in [0.2, 0.25) is 10.0 Å². The van der Waals surface area contributed by atoms with Crippen molar-refractivity contribution < 1.29 is 9.53 Å². The molecule has 5 nitrogen and oxygen atoms in total. The van der Waals surface area contributed by atoms with Crippen LogP contribution in [0.3, 0.4) is 0 Å². The van der Waals surface area contributed by atoms with Crippen LogP contribution < -0.4 is 10.2 Å². The highest BCUT2D eigenvalue weighted by Crippen LogP contribution is 2.27. The molecule has 0 radical (unpaired) electrons. The second kappa shape index (κ2) is 12.6. The maximum atomic E-state index is 12.8. The zero-order valence-corrected chi connectivity index (χ0v) is 24.5. The van der Waals surface area contributed by atoms with Gasteiger partial charge in [-0.3, -0.25) is 4.79 Å². The Morgan fingerprint density at radius 2 is 1.73 bits per heavy atom. The number of benzene rings is 4. The lowest BCUT2D eigenvalue weighted by Crippen LogP contribution is -2.17. The van der Waals surface area contributed by atoms with Crippen LogP contribution in [0.25, 0.3) is 16.9 Å². The van der Waals surface area contributed by atoms with E-state index in [1.165, 1.54) is 0 Å². The van der Waals surface area contributed by atoms with Gasteiger partial charge in [-0.15, -0.1) is 0 Å². The molecular formula is C32H24BrCl2N3O2. The number of carbonyl (C=O) groups is 1. The predicted molar refractivity (Wildman–Crippen MR) is 166 cm³/mol. The largest absolute Gasteiger partial charge is 0.488 e. The molecule has 40 heavy (non-hydrogen) atoms. The zero-order valence-electron chi connectivity index (χ0n) is 21.4. The number of hydrogen-bond acceptors (Lipinski definition) is 3. The lowest BCUT2D eigenvalue weighted by atomic mass is 10.1. The molecule has 0 saturated carbocycles. The van der Waals surface area contributed by atoms with Crippen molar-refractivity contribution in [1.29, 1.82) is 0 Å². The first kappa shape index (κ1) is 27.7. The minimum Gasteiger partial charge on any atom is -0.488 e. The number of hydrogen-bond donors (Lipinski definition) is 1. The number of rotatable bonds is 8. The fourth-order valence-electron chi connectivity index (χ4n) is 4.25. The molecule has 8 heteroatoms.